The van der Waals surface area contributed by atoms with Gasteiger partial charge in [-0.3, -0.25) is 10.9 Å². The van der Waals surface area contributed by atoms with Gasteiger partial charge in [-0.15, -0.1) is 10.2 Å². The normalized spacial score (nSPS) is 16.0. The Labute approximate surface area is 136 Å². The monoisotopic (exact) mass is 337 g/mol. The minimum Gasteiger partial charge on any atom is -0.420 e. The molecule has 0 radical (unpaired) electrons. The fraction of sp³-hybridized carbons (Fsp3) is 0.286. The Morgan fingerprint density at radius 1 is 1.18 bits per heavy atom. The molecule has 6 nitrogen and oxygen atoms in total. The lowest BCUT2D eigenvalue weighted by Crippen LogP contribution is -2.21. The van der Waals surface area contributed by atoms with Crippen LogP contribution in [0.3, 0.4) is 0 Å². The maximum Gasteiger partial charge on any atom is 0.264 e. The highest BCUT2D eigenvalue weighted by Crippen LogP contribution is 2.40. The molecule has 8 heteroatoms. The van der Waals surface area contributed by atoms with Gasteiger partial charge in [0.2, 0.25) is 5.89 Å². The van der Waals surface area contributed by atoms with Crippen molar-refractivity contribution in [2.45, 2.75) is 12.8 Å². The van der Waals surface area contributed by atoms with Crippen LogP contribution in [0.1, 0.15) is 17.4 Å². The van der Waals surface area contributed by atoms with Crippen LogP contribution < -0.4 is 10.9 Å². The van der Waals surface area contributed by atoms with E-state index >= 15 is 0 Å². The largest absolute Gasteiger partial charge is 0.420 e. The zero-order chi connectivity index (χ0) is 15.3. The van der Waals surface area contributed by atoms with Gasteiger partial charge >= 0.3 is 0 Å². The highest BCUT2D eigenvalue weighted by molar-refractivity contribution is 6.45. The summed E-state index contributed by atoms with van der Waals surface area (Å²) in [6, 6.07) is 3.78. The van der Waals surface area contributed by atoms with E-state index in [1.54, 1.807) is 6.92 Å². The number of benzene rings is 1. The first kappa shape index (κ1) is 14.0. The summed E-state index contributed by atoms with van der Waals surface area (Å²) in [5.41, 5.74) is 8.99. The van der Waals surface area contributed by atoms with Crippen molar-refractivity contribution in [2.24, 2.45) is 0 Å². The summed E-state index contributed by atoms with van der Waals surface area (Å²) in [6.07, 6.45) is 0. The molecule has 2 aromatic heterocycles. The minimum absolute atomic E-state index is 0.271. The Morgan fingerprint density at radius 3 is 2.64 bits per heavy atom. The van der Waals surface area contributed by atoms with Crippen molar-refractivity contribution >= 4 is 34.1 Å². The van der Waals surface area contributed by atoms with Gasteiger partial charge in [-0.2, -0.15) is 0 Å². The number of aromatic nitrogens is 3. The highest BCUT2D eigenvalue weighted by Gasteiger charge is 2.27. The van der Waals surface area contributed by atoms with E-state index in [2.05, 4.69) is 26.0 Å². The molecule has 0 aliphatic carbocycles. The van der Waals surface area contributed by atoms with Crippen LogP contribution in [0.15, 0.2) is 16.5 Å². The van der Waals surface area contributed by atoms with E-state index in [0.29, 0.717) is 21.8 Å². The Balaban J connectivity index is 2.01. The molecule has 1 aliphatic heterocycles. The lowest BCUT2D eigenvalue weighted by Gasteiger charge is -2.08. The fourth-order valence-electron chi connectivity index (χ4n) is 2.88. The molecule has 0 saturated carbocycles. The molecule has 0 amide bonds. The number of nitrogens with one attached hydrogen (secondary N) is 3. The molecular weight excluding hydrogens is 325 g/mol. The number of hydrogen-bond acceptors (Lipinski definition) is 5. The molecule has 3 aromatic rings. The van der Waals surface area contributed by atoms with Crippen molar-refractivity contribution in [2.75, 3.05) is 13.1 Å². The van der Waals surface area contributed by atoms with Crippen LogP contribution >= 0.6 is 23.2 Å². The van der Waals surface area contributed by atoms with E-state index in [1.165, 1.54) is 0 Å². The van der Waals surface area contributed by atoms with Gasteiger partial charge in [0.15, 0.2) is 0 Å². The lowest BCUT2D eigenvalue weighted by molar-refractivity contribution is 0.530. The number of fused-ring (bicyclic) bond motifs is 1. The zero-order valence-electron chi connectivity index (χ0n) is 11.7. The summed E-state index contributed by atoms with van der Waals surface area (Å²) >= 11 is 12.5. The highest BCUT2D eigenvalue weighted by atomic mass is 35.5. The van der Waals surface area contributed by atoms with Gasteiger partial charge in [-0.1, -0.05) is 29.3 Å². The molecule has 1 aromatic carbocycles. The number of nitrogens with zero attached hydrogens (tertiary/aromatic N) is 2. The maximum atomic E-state index is 6.35. The summed E-state index contributed by atoms with van der Waals surface area (Å²) in [6.45, 7) is 3.39. The topological polar surface area (TPSA) is 78.8 Å². The van der Waals surface area contributed by atoms with Crippen molar-refractivity contribution in [1.82, 2.24) is 26.0 Å². The second-order valence-electron chi connectivity index (χ2n) is 5.28. The van der Waals surface area contributed by atoms with Crippen molar-refractivity contribution in [3.63, 3.8) is 0 Å². The molecule has 114 valence electrons. The van der Waals surface area contributed by atoms with Gasteiger partial charge in [0, 0.05) is 31.3 Å². The number of H-pyrrole nitrogens is 1. The number of aryl methyl sites for hydroxylation is 1. The predicted octanol–water partition coefficient (Wildman–Crippen LogP) is 3.02. The molecule has 4 rings (SSSR count). The Morgan fingerprint density at radius 2 is 1.95 bits per heavy atom. The van der Waals surface area contributed by atoms with Crippen LogP contribution in [0.25, 0.3) is 22.5 Å². The van der Waals surface area contributed by atoms with Crippen LogP contribution in [0.4, 0.5) is 0 Å². The third-order valence-corrected chi connectivity index (χ3v) is 4.68. The van der Waals surface area contributed by atoms with Crippen LogP contribution in [0.2, 0.25) is 10.0 Å². The number of aromatic amines is 1. The first-order valence-corrected chi connectivity index (χ1v) is 7.66. The summed E-state index contributed by atoms with van der Waals surface area (Å²) in [5, 5.41) is 10.1. The Hall–Kier alpha value is -1.60. The van der Waals surface area contributed by atoms with Gasteiger partial charge in [-0.25, -0.2) is 0 Å². The molecule has 0 bridgehead atoms. The SMILES string of the molecule is Cc1nnc(-c2[nH]c3c(Cl)c(Cl)ccc3c2C2CNNC2)o1. The average Bonchev–Trinajstić information content (AvgIpc) is 3.20. The fourth-order valence-corrected chi connectivity index (χ4v) is 3.25. The standard InChI is InChI=1S/C14H13Cl2N5O/c1-6-20-21-14(22-6)13-10(7-4-17-18-5-7)8-2-3-9(15)11(16)12(8)19-13/h2-3,7,17-19H,4-5H2,1H3. The van der Waals surface area contributed by atoms with Crippen molar-refractivity contribution in [3.05, 3.63) is 33.6 Å². The number of hydrazine groups is 1. The van der Waals surface area contributed by atoms with Gasteiger partial charge < -0.3 is 9.40 Å². The molecule has 0 unspecified atom stereocenters. The van der Waals surface area contributed by atoms with E-state index in [1.807, 2.05) is 12.1 Å². The molecule has 3 N–H and O–H groups in total. The van der Waals surface area contributed by atoms with Crippen LogP contribution in [-0.4, -0.2) is 28.3 Å². The molecule has 3 heterocycles. The molecule has 1 saturated heterocycles. The van der Waals surface area contributed by atoms with E-state index in [-0.39, 0.29) is 5.92 Å². The van der Waals surface area contributed by atoms with Gasteiger partial charge in [0.1, 0.15) is 5.69 Å². The molecular formula is C14H13Cl2N5O. The summed E-state index contributed by atoms with van der Waals surface area (Å²) < 4.78 is 5.60. The first-order valence-electron chi connectivity index (χ1n) is 6.91. The summed E-state index contributed by atoms with van der Waals surface area (Å²) in [4.78, 5) is 3.31. The van der Waals surface area contributed by atoms with Crippen LogP contribution in [-0.2, 0) is 0 Å². The number of halogens is 2. The van der Waals surface area contributed by atoms with Crippen molar-refractivity contribution in [3.8, 4) is 11.6 Å². The lowest BCUT2D eigenvalue weighted by atomic mass is 9.96. The van der Waals surface area contributed by atoms with E-state index < -0.39 is 0 Å². The summed E-state index contributed by atoms with van der Waals surface area (Å²) in [5.74, 6) is 1.25. The number of hydrogen-bond donors (Lipinski definition) is 3. The average molecular weight is 338 g/mol. The second-order valence-corrected chi connectivity index (χ2v) is 6.07. The minimum atomic E-state index is 0.271. The van der Waals surface area contributed by atoms with E-state index in [4.69, 9.17) is 27.6 Å². The van der Waals surface area contributed by atoms with Crippen molar-refractivity contribution in [1.29, 1.82) is 0 Å². The van der Waals surface area contributed by atoms with Gasteiger partial charge in [-0.05, 0) is 11.6 Å². The van der Waals surface area contributed by atoms with Gasteiger partial charge in [0.25, 0.3) is 5.89 Å². The Kier molecular flexibility index (Phi) is 3.34. The first-order chi connectivity index (χ1) is 10.6. The molecule has 1 fully saturated rings. The summed E-state index contributed by atoms with van der Waals surface area (Å²) in [7, 11) is 0. The van der Waals surface area contributed by atoms with Crippen LogP contribution in [0, 0.1) is 6.92 Å². The molecule has 1 aliphatic rings. The Bertz CT molecular complexity index is 850. The smallest absolute Gasteiger partial charge is 0.264 e. The molecule has 0 atom stereocenters. The second kappa shape index (κ2) is 5.24. The maximum absolute atomic E-state index is 6.35. The van der Waals surface area contributed by atoms with Crippen molar-refractivity contribution < 1.29 is 4.42 Å². The predicted molar refractivity (Wildman–Crippen MR) is 85.1 cm³/mol. The number of rotatable bonds is 2. The van der Waals surface area contributed by atoms with E-state index in [0.717, 1.165) is 35.2 Å². The van der Waals surface area contributed by atoms with Crippen LogP contribution in [0.5, 0.6) is 0 Å². The zero-order valence-corrected chi connectivity index (χ0v) is 13.2. The quantitative estimate of drug-likeness (QED) is 0.669. The van der Waals surface area contributed by atoms with E-state index in [9.17, 15) is 0 Å². The molecule has 22 heavy (non-hydrogen) atoms. The van der Waals surface area contributed by atoms with Gasteiger partial charge in [0.05, 0.1) is 15.6 Å². The molecule has 0 spiro atoms. The third-order valence-electron chi connectivity index (χ3n) is 3.87. The third kappa shape index (κ3) is 2.11.